The van der Waals surface area contributed by atoms with Gasteiger partial charge in [-0.1, -0.05) is 72.5 Å². The number of methoxy groups -OCH3 is 1. The smallest absolute Gasteiger partial charge is 0.270 e. The summed E-state index contributed by atoms with van der Waals surface area (Å²) < 4.78 is 11.7. The summed E-state index contributed by atoms with van der Waals surface area (Å²) in [6.45, 7) is 0.403. The highest BCUT2D eigenvalue weighted by Crippen LogP contribution is 2.37. The first-order valence-corrected chi connectivity index (χ1v) is 11.1. The van der Waals surface area contributed by atoms with Crippen LogP contribution in [0.2, 0.25) is 0 Å². The first-order chi connectivity index (χ1) is 16.0. The number of aromatic carboxylic acids is 1. The van der Waals surface area contributed by atoms with Crippen LogP contribution in [0.3, 0.4) is 0 Å². The third-order valence-corrected chi connectivity index (χ3v) is 6.16. The zero-order valence-electron chi connectivity index (χ0n) is 17.5. The van der Waals surface area contributed by atoms with Gasteiger partial charge in [0, 0.05) is 0 Å². The van der Waals surface area contributed by atoms with Crippen LogP contribution in [0.5, 0.6) is 11.5 Å². The third-order valence-electron chi connectivity index (χ3n) is 4.86. The summed E-state index contributed by atoms with van der Waals surface area (Å²) in [4.78, 5) is 25.9. The van der Waals surface area contributed by atoms with Gasteiger partial charge in [-0.15, -0.1) is 0 Å². The third kappa shape index (κ3) is 5.08. The van der Waals surface area contributed by atoms with Crippen molar-refractivity contribution < 1.29 is 24.2 Å². The largest absolute Gasteiger partial charge is 0.545 e. The van der Waals surface area contributed by atoms with Crippen molar-refractivity contribution in [1.82, 2.24) is 0 Å². The maximum atomic E-state index is 13.0. The first kappa shape index (κ1) is 22.6. The lowest BCUT2D eigenvalue weighted by molar-refractivity contribution is -0.255. The van der Waals surface area contributed by atoms with Crippen molar-refractivity contribution in [2.45, 2.75) is 6.61 Å². The van der Waals surface area contributed by atoms with Gasteiger partial charge in [-0.3, -0.25) is 9.69 Å². The maximum absolute atomic E-state index is 13.0. The van der Waals surface area contributed by atoms with E-state index in [1.54, 1.807) is 37.5 Å². The van der Waals surface area contributed by atoms with E-state index in [1.807, 2.05) is 36.4 Å². The summed E-state index contributed by atoms with van der Waals surface area (Å²) in [5.41, 5.74) is 2.13. The van der Waals surface area contributed by atoms with Crippen LogP contribution in [0, 0.1) is 0 Å². The van der Waals surface area contributed by atoms with Gasteiger partial charge >= 0.3 is 0 Å². The number of nitrogens with zero attached hydrogens (tertiary/aromatic N) is 1. The molecule has 166 valence electrons. The number of hydrogen-bond donors (Lipinski definition) is 0. The van der Waals surface area contributed by atoms with Gasteiger partial charge in [0.1, 0.15) is 6.61 Å². The molecule has 3 aromatic rings. The second-order valence-corrected chi connectivity index (χ2v) is 8.72. The average molecular weight is 477 g/mol. The summed E-state index contributed by atoms with van der Waals surface area (Å²) >= 11 is 6.52. The number of hydrogen-bond acceptors (Lipinski definition) is 7. The average Bonchev–Trinajstić information content (AvgIpc) is 3.11. The fourth-order valence-electron chi connectivity index (χ4n) is 3.24. The molecule has 1 aliphatic heterocycles. The minimum absolute atomic E-state index is 0.0265. The molecule has 0 spiro atoms. The number of thioether (sulfide) groups is 1. The zero-order valence-corrected chi connectivity index (χ0v) is 19.2. The normalized spacial score (nSPS) is 14.6. The number of thiocarbonyl (C=S) groups is 1. The number of carbonyl (C=O) groups excluding carboxylic acids is 2. The summed E-state index contributed by atoms with van der Waals surface area (Å²) in [5, 5.41) is 11.2. The van der Waals surface area contributed by atoms with Crippen LogP contribution in [-0.2, 0) is 11.4 Å². The number of anilines is 1. The predicted molar refractivity (Wildman–Crippen MR) is 130 cm³/mol. The Labute approximate surface area is 200 Å². The lowest BCUT2D eigenvalue weighted by Crippen LogP contribution is -2.28. The molecule has 3 aromatic carbocycles. The number of ether oxygens (including phenoxy) is 2. The van der Waals surface area contributed by atoms with E-state index in [4.69, 9.17) is 21.7 Å². The van der Waals surface area contributed by atoms with Crippen LogP contribution in [-0.4, -0.2) is 23.3 Å². The van der Waals surface area contributed by atoms with Gasteiger partial charge in [-0.25, -0.2) is 0 Å². The molecule has 33 heavy (non-hydrogen) atoms. The van der Waals surface area contributed by atoms with E-state index >= 15 is 0 Å². The zero-order chi connectivity index (χ0) is 23.4. The molecule has 8 heteroatoms. The van der Waals surface area contributed by atoms with E-state index in [1.165, 1.54) is 17.0 Å². The Kier molecular flexibility index (Phi) is 6.76. The van der Waals surface area contributed by atoms with Crippen molar-refractivity contribution >= 4 is 51.9 Å². The lowest BCUT2D eigenvalue weighted by Gasteiger charge is -2.16. The van der Waals surface area contributed by atoms with Crippen molar-refractivity contribution in [3.63, 3.8) is 0 Å². The minimum Gasteiger partial charge on any atom is -0.545 e. The van der Waals surface area contributed by atoms with E-state index in [-0.39, 0.29) is 11.5 Å². The van der Waals surface area contributed by atoms with Gasteiger partial charge in [-0.05, 0) is 47.0 Å². The SMILES string of the molecule is COc1cc(C=C2SC(=S)N(c3cccc(C(=O)[O-])c3)C2=O)ccc1OCc1ccccc1. The van der Waals surface area contributed by atoms with Crippen LogP contribution >= 0.6 is 24.0 Å². The van der Waals surface area contributed by atoms with E-state index < -0.39 is 5.97 Å². The summed E-state index contributed by atoms with van der Waals surface area (Å²) in [7, 11) is 1.55. The second-order valence-electron chi connectivity index (χ2n) is 7.04. The molecule has 0 bridgehead atoms. The van der Waals surface area contributed by atoms with Gasteiger partial charge in [0.05, 0.1) is 23.7 Å². The van der Waals surface area contributed by atoms with E-state index in [9.17, 15) is 14.7 Å². The molecule has 6 nitrogen and oxygen atoms in total. The number of rotatable bonds is 7. The highest BCUT2D eigenvalue weighted by Gasteiger charge is 2.33. The second kappa shape index (κ2) is 9.89. The topological polar surface area (TPSA) is 78.9 Å². The first-order valence-electron chi connectivity index (χ1n) is 9.90. The van der Waals surface area contributed by atoms with Gasteiger partial charge in [-0.2, -0.15) is 0 Å². The molecule has 1 heterocycles. The standard InChI is InChI=1S/C25H19NO5S2/c1-30-21-12-17(10-11-20(21)31-15-16-6-3-2-4-7-16)13-22-23(27)26(25(32)33-22)19-9-5-8-18(14-19)24(28)29/h2-14H,15H2,1H3,(H,28,29)/p-1. The highest BCUT2D eigenvalue weighted by atomic mass is 32.2. The molecular formula is C25H18NO5S2-. The summed E-state index contributed by atoms with van der Waals surface area (Å²) in [6, 6.07) is 21.1. The Bertz CT molecular complexity index is 1260. The van der Waals surface area contributed by atoms with Gasteiger partial charge < -0.3 is 19.4 Å². The molecule has 0 saturated carbocycles. The van der Waals surface area contributed by atoms with Gasteiger partial charge in [0.15, 0.2) is 15.8 Å². The molecule has 0 unspecified atom stereocenters. The number of benzene rings is 3. The highest BCUT2D eigenvalue weighted by molar-refractivity contribution is 8.27. The predicted octanol–water partition coefficient (Wildman–Crippen LogP) is 4.04. The minimum atomic E-state index is -1.32. The molecule has 4 rings (SSSR count). The molecule has 0 aromatic heterocycles. The Morgan fingerprint density at radius 2 is 1.85 bits per heavy atom. The molecule has 1 fully saturated rings. The monoisotopic (exact) mass is 476 g/mol. The van der Waals surface area contributed by atoms with Crippen LogP contribution in [0.25, 0.3) is 6.08 Å². The van der Waals surface area contributed by atoms with Gasteiger partial charge in [0.25, 0.3) is 5.91 Å². The van der Waals surface area contributed by atoms with Crippen molar-refractivity contribution in [3.8, 4) is 11.5 Å². The Morgan fingerprint density at radius 1 is 1.06 bits per heavy atom. The molecule has 1 amide bonds. The van der Waals surface area contributed by atoms with Crippen molar-refractivity contribution in [3.05, 3.63) is 94.4 Å². The summed E-state index contributed by atoms with van der Waals surface area (Å²) in [6.07, 6.45) is 1.71. The van der Waals surface area contributed by atoms with Crippen molar-refractivity contribution in [2.75, 3.05) is 12.0 Å². The quantitative estimate of drug-likeness (QED) is 0.376. The number of carboxylic acids is 1. The lowest BCUT2D eigenvalue weighted by atomic mass is 10.1. The van der Waals surface area contributed by atoms with Crippen LogP contribution in [0.4, 0.5) is 5.69 Å². The van der Waals surface area contributed by atoms with Crippen molar-refractivity contribution in [2.24, 2.45) is 0 Å². The van der Waals surface area contributed by atoms with Crippen LogP contribution in [0.1, 0.15) is 21.5 Å². The van der Waals surface area contributed by atoms with Crippen LogP contribution < -0.4 is 19.5 Å². The molecule has 0 radical (unpaired) electrons. The van der Waals surface area contributed by atoms with E-state index in [2.05, 4.69) is 0 Å². The molecular weight excluding hydrogens is 458 g/mol. The Morgan fingerprint density at radius 3 is 2.58 bits per heavy atom. The van der Waals surface area contributed by atoms with Crippen LogP contribution in [0.15, 0.2) is 77.7 Å². The van der Waals surface area contributed by atoms with E-state index in [0.29, 0.717) is 33.0 Å². The van der Waals surface area contributed by atoms with E-state index in [0.717, 1.165) is 22.9 Å². The molecule has 0 atom stereocenters. The van der Waals surface area contributed by atoms with Crippen molar-refractivity contribution in [1.29, 1.82) is 0 Å². The summed E-state index contributed by atoms with van der Waals surface area (Å²) in [5.74, 6) is -0.523. The Balaban J connectivity index is 1.55. The molecule has 1 aliphatic rings. The number of carboxylic acid groups (broad SMARTS) is 1. The molecule has 0 N–H and O–H groups in total. The fourth-order valence-corrected chi connectivity index (χ4v) is 4.54. The molecule has 0 aliphatic carbocycles. The number of carbonyl (C=O) groups is 2. The number of amides is 1. The maximum Gasteiger partial charge on any atom is 0.270 e. The molecule has 1 saturated heterocycles. The fraction of sp³-hybridized carbons (Fsp3) is 0.0800. The Hall–Kier alpha value is -3.62. The van der Waals surface area contributed by atoms with Gasteiger partial charge in [0.2, 0.25) is 0 Å².